The lowest BCUT2D eigenvalue weighted by atomic mass is 10.1. The smallest absolute Gasteiger partial charge is 0.188 e. The monoisotopic (exact) mass is 300 g/mol. The number of hydrogen-bond donors (Lipinski definition) is 3. The van der Waals surface area contributed by atoms with Crippen molar-refractivity contribution in [3.63, 3.8) is 0 Å². The molecule has 1 saturated heterocycles. The third kappa shape index (κ3) is 3.42. The van der Waals surface area contributed by atoms with E-state index in [0.717, 1.165) is 32.4 Å². The largest absolute Gasteiger partial charge is 0.376 e. The average molecular weight is 300 g/mol. The third-order valence-electron chi connectivity index (χ3n) is 4.20. The lowest BCUT2D eigenvalue weighted by Gasteiger charge is -2.08. The second-order valence-corrected chi connectivity index (χ2v) is 5.81. The molecule has 118 valence electrons. The van der Waals surface area contributed by atoms with Gasteiger partial charge in [-0.15, -0.1) is 0 Å². The molecule has 3 rings (SSSR count). The van der Waals surface area contributed by atoms with E-state index in [1.165, 1.54) is 22.2 Å². The second kappa shape index (κ2) is 6.83. The Morgan fingerprint density at radius 1 is 1.45 bits per heavy atom. The fraction of sp³-hybridized carbons (Fsp3) is 0.471. The van der Waals surface area contributed by atoms with Crippen LogP contribution in [0.15, 0.2) is 29.3 Å². The summed E-state index contributed by atoms with van der Waals surface area (Å²) in [5.74, 6) is 0.507. The van der Waals surface area contributed by atoms with E-state index < -0.39 is 0 Å². The first kappa shape index (κ1) is 14.9. The Morgan fingerprint density at radius 3 is 3.14 bits per heavy atom. The summed E-state index contributed by atoms with van der Waals surface area (Å²) in [5, 5.41) is 4.48. The maximum atomic E-state index is 5.92. The van der Waals surface area contributed by atoms with Crippen molar-refractivity contribution in [1.29, 1.82) is 0 Å². The van der Waals surface area contributed by atoms with Crippen LogP contribution in [0.5, 0.6) is 0 Å². The zero-order valence-corrected chi connectivity index (χ0v) is 13.1. The zero-order valence-electron chi connectivity index (χ0n) is 13.1. The molecule has 2 heterocycles. The van der Waals surface area contributed by atoms with Gasteiger partial charge in [-0.05, 0) is 37.8 Å². The molecule has 0 radical (unpaired) electrons. The van der Waals surface area contributed by atoms with Crippen molar-refractivity contribution in [3.05, 3.63) is 35.5 Å². The van der Waals surface area contributed by atoms with Gasteiger partial charge in [-0.1, -0.05) is 18.2 Å². The van der Waals surface area contributed by atoms with Gasteiger partial charge in [-0.25, -0.2) is 0 Å². The molecule has 5 nitrogen and oxygen atoms in total. The number of benzene rings is 1. The Morgan fingerprint density at radius 2 is 2.32 bits per heavy atom. The van der Waals surface area contributed by atoms with Gasteiger partial charge in [0.25, 0.3) is 0 Å². The van der Waals surface area contributed by atoms with Crippen LogP contribution in [0.3, 0.4) is 0 Å². The maximum absolute atomic E-state index is 5.92. The molecule has 0 saturated carbocycles. The van der Waals surface area contributed by atoms with Gasteiger partial charge in [0.05, 0.1) is 12.6 Å². The fourth-order valence-electron chi connectivity index (χ4n) is 3.02. The van der Waals surface area contributed by atoms with Crippen LogP contribution in [0.25, 0.3) is 10.9 Å². The quantitative estimate of drug-likeness (QED) is 0.585. The SMILES string of the molecule is Cc1[nH]c2ccccc2c1CCNC(N)=NCC1CCCO1. The molecule has 5 heteroatoms. The number of nitrogens with one attached hydrogen (secondary N) is 2. The predicted molar refractivity (Wildman–Crippen MR) is 90.2 cm³/mol. The van der Waals surface area contributed by atoms with Crippen molar-refractivity contribution in [2.45, 2.75) is 32.3 Å². The minimum absolute atomic E-state index is 0.246. The first-order valence-corrected chi connectivity index (χ1v) is 7.95. The number of para-hydroxylation sites is 1. The summed E-state index contributed by atoms with van der Waals surface area (Å²) in [5.41, 5.74) is 9.67. The molecule has 1 aromatic heterocycles. The summed E-state index contributed by atoms with van der Waals surface area (Å²) in [7, 11) is 0. The van der Waals surface area contributed by atoms with Gasteiger partial charge >= 0.3 is 0 Å². The van der Waals surface area contributed by atoms with E-state index in [9.17, 15) is 0 Å². The highest BCUT2D eigenvalue weighted by atomic mass is 16.5. The lowest BCUT2D eigenvalue weighted by Crippen LogP contribution is -2.34. The molecule has 1 unspecified atom stereocenters. The third-order valence-corrected chi connectivity index (χ3v) is 4.20. The summed E-state index contributed by atoms with van der Waals surface area (Å²) < 4.78 is 5.54. The molecule has 1 atom stereocenters. The number of aromatic amines is 1. The number of aliphatic imine (C=N–C) groups is 1. The number of guanidine groups is 1. The summed E-state index contributed by atoms with van der Waals surface area (Å²) >= 11 is 0. The van der Waals surface area contributed by atoms with E-state index >= 15 is 0 Å². The van der Waals surface area contributed by atoms with Crippen molar-refractivity contribution in [2.75, 3.05) is 19.7 Å². The van der Waals surface area contributed by atoms with Crippen LogP contribution in [-0.4, -0.2) is 36.7 Å². The van der Waals surface area contributed by atoms with Crippen LogP contribution in [0.4, 0.5) is 0 Å². The van der Waals surface area contributed by atoms with E-state index in [4.69, 9.17) is 10.5 Å². The van der Waals surface area contributed by atoms with Crippen LogP contribution in [-0.2, 0) is 11.2 Å². The highest BCUT2D eigenvalue weighted by Gasteiger charge is 2.14. The molecule has 22 heavy (non-hydrogen) atoms. The average Bonchev–Trinajstić information content (AvgIpc) is 3.13. The Labute approximate surface area is 130 Å². The minimum Gasteiger partial charge on any atom is -0.376 e. The molecule has 1 fully saturated rings. The van der Waals surface area contributed by atoms with Crippen LogP contribution < -0.4 is 11.1 Å². The number of rotatable bonds is 5. The van der Waals surface area contributed by atoms with E-state index in [0.29, 0.717) is 12.5 Å². The first-order chi connectivity index (χ1) is 10.7. The lowest BCUT2D eigenvalue weighted by molar-refractivity contribution is 0.118. The molecule has 2 aromatic rings. The van der Waals surface area contributed by atoms with E-state index in [-0.39, 0.29) is 6.10 Å². The van der Waals surface area contributed by atoms with Gasteiger partial charge < -0.3 is 20.8 Å². The first-order valence-electron chi connectivity index (χ1n) is 7.95. The van der Waals surface area contributed by atoms with Crippen molar-refractivity contribution in [2.24, 2.45) is 10.7 Å². The van der Waals surface area contributed by atoms with E-state index in [2.05, 4.69) is 46.5 Å². The summed E-state index contributed by atoms with van der Waals surface area (Å²) in [4.78, 5) is 7.78. The molecule has 4 N–H and O–H groups in total. The van der Waals surface area contributed by atoms with Crippen molar-refractivity contribution >= 4 is 16.9 Å². The molecule has 0 amide bonds. The Bertz CT molecular complexity index is 656. The number of nitrogens with zero attached hydrogens (tertiary/aromatic N) is 1. The van der Waals surface area contributed by atoms with Crippen molar-refractivity contribution < 1.29 is 4.74 Å². The van der Waals surface area contributed by atoms with Gasteiger partial charge in [0.1, 0.15) is 0 Å². The van der Waals surface area contributed by atoms with Crippen LogP contribution in [0.2, 0.25) is 0 Å². The number of ether oxygens (including phenoxy) is 1. The van der Waals surface area contributed by atoms with Gasteiger partial charge in [0.15, 0.2) is 5.96 Å². The Hall–Kier alpha value is -2.01. The van der Waals surface area contributed by atoms with Crippen molar-refractivity contribution in [3.8, 4) is 0 Å². The molecule has 0 bridgehead atoms. The topological polar surface area (TPSA) is 75.4 Å². The van der Waals surface area contributed by atoms with E-state index in [1.54, 1.807) is 0 Å². The molecule has 1 aliphatic heterocycles. The highest BCUT2D eigenvalue weighted by molar-refractivity contribution is 5.84. The second-order valence-electron chi connectivity index (χ2n) is 5.81. The summed E-state index contributed by atoms with van der Waals surface area (Å²) in [6, 6.07) is 8.39. The number of aromatic nitrogens is 1. The summed E-state index contributed by atoms with van der Waals surface area (Å²) in [6.07, 6.45) is 3.39. The normalized spacial score (nSPS) is 19.0. The van der Waals surface area contributed by atoms with Gasteiger partial charge in [-0.2, -0.15) is 0 Å². The minimum atomic E-state index is 0.246. The number of fused-ring (bicyclic) bond motifs is 1. The van der Waals surface area contributed by atoms with E-state index in [1.807, 2.05) is 0 Å². The van der Waals surface area contributed by atoms with Crippen LogP contribution in [0.1, 0.15) is 24.1 Å². The van der Waals surface area contributed by atoms with Gasteiger partial charge in [-0.3, -0.25) is 4.99 Å². The fourth-order valence-corrected chi connectivity index (χ4v) is 3.02. The standard InChI is InChI=1S/C17H24N4O/c1-12-14(15-6-2-3-7-16(15)21-12)8-9-19-17(18)20-11-13-5-4-10-22-13/h2-3,6-7,13,21H,4-5,8-11H2,1H3,(H3,18,19,20). The number of H-pyrrole nitrogens is 1. The molecular formula is C17H24N4O. The molecule has 0 spiro atoms. The zero-order chi connectivity index (χ0) is 15.4. The van der Waals surface area contributed by atoms with Crippen molar-refractivity contribution in [1.82, 2.24) is 10.3 Å². The number of aryl methyl sites for hydroxylation is 1. The molecule has 1 aromatic carbocycles. The molecular weight excluding hydrogens is 276 g/mol. The summed E-state index contributed by atoms with van der Waals surface area (Å²) in [6.45, 7) is 4.41. The maximum Gasteiger partial charge on any atom is 0.188 e. The number of hydrogen-bond acceptors (Lipinski definition) is 2. The van der Waals surface area contributed by atoms with Crippen LogP contribution >= 0.6 is 0 Å². The van der Waals surface area contributed by atoms with Gasteiger partial charge in [0.2, 0.25) is 0 Å². The predicted octanol–water partition coefficient (Wildman–Crippen LogP) is 2.10. The molecule has 1 aliphatic rings. The van der Waals surface area contributed by atoms with Crippen LogP contribution in [0, 0.1) is 6.92 Å². The Balaban J connectivity index is 1.53. The Kier molecular flexibility index (Phi) is 4.63. The molecule has 0 aliphatic carbocycles. The highest BCUT2D eigenvalue weighted by Crippen LogP contribution is 2.21. The van der Waals surface area contributed by atoms with Gasteiger partial charge in [0, 0.05) is 29.7 Å². The number of nitrogens with two attached hydrogens (primary N) is 1.